The second-order valence-corrected chi connectivity index (χ2v) is 14.3. The van der Waals surface area contributed by atoms with Crippen molar-refractivity contribution in [2.75, 3.05) is 51.9 Å². The number of ketones is 1. The van der Waals surface area contributed by atoms with Crippen molar-refractivity contribution in [3.63, 3.8) is 0 Å². The number of amides is 1. The number of thioether (sulfide) groups is 1. The molecule has 1 saturated heterocycles. The van der Waals surface area contributed by atoms with E-state index in [-0.39, 0.29) is 11.7 Å². The molecule has 0 aliphatic carbocycles. The summed E-state index contributed by atoms with van der Waals surface area (Å²) in [5, 5.41) is 18.1. The van der Waals surface area contributed by atoms with Crippen LogP contribution in [0.15, 0.2) is 118 Å². The molecule has 0 radical (unpaired) electrons. The lowest BCUT2D eigenvalue weighted by molar-refractivity contribution is -0.134. The van der Waals surface area contributed by atoms with Crippen LogP contribution < -0.4 is 5.32 Å². The van der Waals surface area contributed by atoms with Gasteiger partial charge in [-0.15, -0.1) is 11.8 Å². The molecule has 1 atom stereocenters. The second kappa shape index (κ2) is 19.1. The molecule has 14 heteroatoms. The number of aromatic amines is 1. The third kappa shape index (κ3) is 10.8. The van der Waals surface area contributed by atoms with E-state index in [9.17, 15) is 19.2 Å². The van der Waals surface area contributed by atoms with Crippen molar-refractivity contribution in [2.45, 2.75) is 27.1 Å². The summed E-state index contributed by atoms with van der Waals surface area (Å²) in [7, 11) is 3.50. The van der Waals surface area contributed by atoms with Gasteiger partial charge in [0, 0.05) is 70.2 Å². The predicted molar refractivity (Wildman–Crippen MR) is 211 cm³/mol. The van der Waals surface area contributed by atoms with Crippen molar-refractivity contribution in [1.82, 2.24) is 19.8 Å². The first-order valence-electron chi connectivity index (χ1n) is 17.0. The average Bonchev–Trinajstić information content (AvgIpc) is 3.51. The van der Waals surface area contributed by atoms with Crippen molar-refractivity contribution >= 4 is 64.3 Å². The Labute approximate surface area is 321 Å². The lowest BCUT2D eigenvalue weighted by Crippen LogP contribution is -2.46. The van der Waals surface area contributed by atoms with Crippen LogP contribution in [-0.2, 0) is 20.7 Å². The van der Waals surface area contributed by atoms with E-state index < -0.39 is 18.0 Å². The predicted octanol–water partition coefficient (Wildman–Crippen LogP) is 7.09. The maximum absolute atomic E-state index is 12.4. The molecule has 280 valence electrons. The zero-order chi connectivity index (χ0) is 38.6. The fraction of sp³-hybridized carbons (Fsp3) is 0.225. The monoisotopic (exact) mass is 767 g/mol. The number of carbonyl (C=O) groups is 4. The van der Waals surface area contributed by atoms with E-state index in [4.69, 9.17) is 10.2 Å². The average molecular weight is 768 g/mol. The molecule has 7 rings (SSSR count). The summed E-state index contributed by atoms with van der Waals surface area (Å²) in [4.78, 5) is 59.2. The molecule has 4 aromatic carbocycles. The number of likely N-dealkylation sites (N-methyl/N-ethyl adjacent to an activating group) is 1. The zero-order valence-electron chi connectivity index (χ0n) is 30.0. The summed E-state index contributed by atoms with van der Waals surface area (Å²) in [6.07, 6.45) is 3.80. The van der Waals surface area contributed by atoms with Crippen molar-refractivity contribution in [1.29, 1.82) is 0 Å². The maximum atomic E-state index is 12.4. The van der Waals surface area contributed by atoms with Crippen LogP contribution in [0.4, 0.5) is 10.7 Å². The molecule has 0 saturated carbocycles. The molecule has 4 N–H and O–H groups in total. The van der Waals surface area contributed by atoms with Crippen molar-refractivity contribution in [3.8, 4) is 0 Å². The van der Waals surface area contributed by atoms with Gasteiger partial charge in [0.2, 0.25) is 5.95 Å². The molecule has 2 aliphatic heterocycles. The van der Waals surface area contributed by atoms with Gasteiger partial charge in [-0.2, -0.15) is 0 Å². The number of carbonyl (C=O) groups excluding carboxylic acids is 2. The SMILES string of the molecule is COC(=O)Nc1nc2ccc(C(=O)c3ccccc3)cc2[nH]1.CSc1ccc2c(c1)C(N1CCN(C)CC1)Cc1ccccc1S2.O=C(O)C=CC(=O)O. The van der Waals surface area contributed by atoms with Crippen LogP contribution in [0.1, 0.15) is 33.1 Å². The maximum Gasteiger partial charge on any atom is 0.413 e. The Morgan fingerprint density at radius 1 is 0.870 bits per heavy atom. The van der Waals surface area contributed by atoms with Gasteiger partial charge in [0.05, 0.1) is 18.1 Å². The number of H-pyrrole nitrogens is 1. The minimum Gasteiger partial charge on any atom is -0.478 e. The summed E-state index contributed by atoms with van der Waals surface area (Å²) in [5.41, 5.74) is 5.49. The molecule has 1 unspecified atom stereocenters. The fourth-order valence-electron chi connectivity index (χ4n) is 5.93. The summed E-state index contributed by atoms with van der Waals surface area (Å²) in [6, 6.07) is 30.6. The number of nitrogens with one attached hydrogen (secondary N) is 2. The highest BCUT2D eigenvalue weighted by Crippen LogP contribution is 2.44. The highest BCUT2D eigenvalue weighted by atomic mass is 32.2. The van der Waals surface area contributed by atoms with Crippen molar-refractivity contribution in [2.24, 2.45) is 0 Å². The van der Waals surface area contributed by atoms with Gasteiger partial charge in [0.15, 0.2) is 5.78 Å². The summed E-state index contributed by atoms with van der Waals surface area (Å²) in [6.45, 7) is 4.67. The van der Waals surface area contributed by atoms with E-state index in [0.29, 0.717) is 40.4 Å². The van der Waals surface area contributed by atoms with Crippen molar-refractivity contribution < 1.29 is 34.1 Å². The second-order valence-electron chi connectivity index (χ2n) is 12.3. The van der Waals surface area contributed by atoms with Crippen LogP contribution in [0.25, 0.3) is 11.0 Å². The van der Waals surface area contributed by atoms with Gasteiger partial charge in [-0.25, -0.2) is 19.4 Å². The lowest BCUT2D eigenvalue weighted by atomic mass is 9.96. The molecule has 1 aromatic heterocycles. The Kier molecular flexibility index (Phi) is 14.1. The van der Waals surface area contributed by atoms with E-state index in [1.54, 1.807) is 30.3 Å². The largest absolute Gasteiger partial charge is 0.478 e. The fourth-order valence-corrected chi connectivity index (χ4v) is 7.50. The minimum absolute atomic E-state index is 0.0698. The number of hydrogen-bond acceptors (Lipinski definition) is 10. The number of fused-ring (bicyclic) bond motifs is 3. The number of aliphatic carboxylic acids is 2. The Hall–Kier alpha value is -5.41. The van der Waals surface area contributed by atoms with Gasteiger partial charge in [-0.1, -0.05) is 60.3 Å². The molecular weight excluding hydrogens is 727 g/mol. The first-order valence-corrected chi connectivity index (χ1v) is 19.0. The highest BCUT2D eigenvalue weighted by Gasteiger charge is 2.29. The number of methoxy groups -OCH3 is 1. The van der Waals surface area contributed by atoms with Gasteiger partial charge in [-0.05, 0) is 73.3 Å². The molecule has 54 heavy (non-hydrogen) atoms. The summed E-state index contributed by atoms with van der Waals surface area (Å²) < 4.78 is 4.51. The summed E-state index contributed by atoms with van der Waals surface area (Å²) >= 11 is 3.79. The van der Waals surface area contributed by atoms with Crippen LogP contribution in [0.3, 0.4) is 0 Å². The minimum atomic E-state index is -1.26. The van der Waals surface area contributed by atoms with Crippen LogP contribution >= 0.6 is 23.5 Å². The third-order valence-corrected chi connectivity index (χ3v) is 10.6. The Morgan fingerprint density at radius 2 is 1.56 bits per heavy atom. The van der Waals surface area contributed by atoms with Crippen LogP contribution in [0.2, 0.25) is 0 Å². The number of ether oxygens (including phenoxy) is 1. The Balaban J connectivity index is 0.000000174. The molecule has 2 aliphatic rings. The molecule has 3 heterocycles. The van der Waals surface area contributed by atoms with Crippen LogP contribution in [0.5, 0.6) is 0 Å². The van der Waals surface area contributed by atoms with E-state index in [0.717, 1.165) is 19.5 Å². The number of carboxylic acids is 2. The number of hydrogen-bond donors (Lipinski definition) is 4. The molecule has 5 aromatic rings. The Bertz CT molecular complexity index is 2120. The number of imidazole rings is 1. The van der Waals surface area contributed by atoms with Crippen LogP contribution in [-0.4, -0.2) is 100 Å². The first kappa shape index (κ1) is 39.8. The van der Waals surface area contributed by atoms with Crippen molar-refractivity contribution in [3.05, 3.63) is 125 Å². The molecule has 0 spiro atoms. The molecule has 1 fully saturated rings. The van der Waals surface area contributed by atoms with E-state index in [2.05, 4.69) is 85.6 Å². The van der Waals surface area contributed by atoms with Crippen LogP contribution in [0, 0.1) is 0 Å². The third-order valence-electron chi connectivity index (χ3n) is 8.71. The number of anilines is 1. The zero-order valence-corrected chi connectivity index (χ0v) is 31.7. The van der Waals surface area contributed by atoms with Gasteiger partial charge in [0.25, 0.3) is 0 Å². The standard InChI is InChI=1S/C20H24N2S2.C16H13N3O3.C4H4O4/c1-21-9-11-22(12-10-21)18-13-15-5-3-4-6-19(15)24-20-8-7-16(23-2)14-17(18)20;1-22-16(21)19-15-17-12-8-7-11(9-13(12)18-15)14(20)10-5-3-2-4-6-10;5-3(6)1-2-4(7)8/h3-8,14,18H,9-13H2,1-2H3;2-9H,1H3,(H2,17,18,19,21);1-2H,(H,5,6)(H,7,8). The summed E-state index contributed by atoms with van der Waals surface area (Å²) in [5.74, 6) is -2.31. The number of benzene rings is 4. The van der Waals surface area contributed by atoms with E-state index in [1.165, 1.54) is 46.0 Å². The molecular formula is C40H41N5O7S2. The number of carboxylic acid groups (broad SMARTS) is 2. The smallest absolute Gasteiger partial charge is 0.413 e. The van der Waals surface area contributed by atoms with Gasteiger partial charge in [0.1, 0.15) is 0 Å². The van der Waals surface area contributed by atoms with E-state index >= 15 is 0 Å². The molecule has 1 amide bonds. The van der Waals surface area contributed by atoms with Gasteiger partial charge >= 0.3 is 18.0 Å². The topological polar surface area (TPSA) is 165 Å². The van der Waals surface area contributed by atoms with E-state index in [1.807, 2.05) is 41.7 Å². The molecule has 12 nitrogen and oxygen atoms in total. The van der Waals surface area contributed by atoms with Gasteiger partial charge < -0.3 is 24.8 Å². The Morgan fingerprint density at radius 3 is 2.22 bits per heavy atom. The quantitative estimate of drug-likeness (QED) is 0.0756. The number of piperazine rings is 1. The van der Waals surface area contributed by atoms with Gasteiger partial charge in [-0.3, -0.25) is 15.0 Å². The number of aromatic nitrogens is 2. The first-order chi connectivity index (χ1) is 26.0. The lowest BCUT2D eigenvalue weighted by Gasteiger charge is -2.38. The number of nitrogens with zero attached hydrogens (tertiary/aromatic N) is 3. The highest BCUT2D eigenvalue weighted by molar-refractivity contribution is 7.99. The molecule has 0 bridgehead atoms. The normalized spacial score (nSPS) is 15.4. The number of rotatable bonds is 7.